The molecule has 0 aliphatic carbocycles. The Kier molecular flexibility index (Phi) is 7.68. The number of halogens is 2. The van der Waals surface area contributed by atoms with Crippen LogP contribution in [-0.4, -0.2) is 43.4 Å². The summed E-state index contributed by atoms with van der Waals surface area (Å²) in [5.41, 5.74) is 0.824. The van der Waals surface area contributed by atoms with Crippen LogP contribution in [-0.2, 0) is 11.3 Å². The number of carbonyl (C=O) groups is 1. The quantitative estimate of drug-likeness (QED) is 0.577. The summed E-state index contributed by atoms with van der Waals surface area (Å²) in [6.07, 6.45) is 2.54. The molecule has 1 saturated heterocycles. The topological polar surface area (TPSA) is 56.7 Å². The van der Waals surface area contributed by atoms with E-state index in [9.17, 15) is 9.18 Å². The van der Waals surface area contributed by atoms with E-state index in [4.69, 9.17) is 0 Å². The molecule has 0 radical (unpaired) electrons. The fraction of sp³-hybridized carbons (Fsp3) is 0.556. The van der Waals surface area contributed by atoms with Crippen LogP contribution in [0.3, 0.4) is 0 Å². The predicted molar refractivity (Wildman–Crippen MR) is 102 cm³/mol. The lowest BCUT2D eigenvalue weighted by molar-refractivity contribution is -0.121. The van der Waals surface area contributed by atoms with Crippen molar-refractivity contribution in [2.45, 2.75) is 32.7 Å². The third-order valence-corrected chi connectivity index (χ3v) is 5.18. The van der Waals surface area contributed by atoms with Gasteiger partial charge < -0.3 is 15.5 Å². The van der Waals surface area contributed by atoms with E-state index in [1.54, 1.807) is 13.1 Å². The van der Waals surface area contributed by atoms with Gasteiger partial charge in [-0.1, -0.05) is 15.9 Å². The van der Waals surface area contributed by atoms with Crippen LogP contribution in [0.1, 0.15) is 31.7 Å². The molecule has 1 aliphatic rings. The van der Waals surface area contributed by atoms with Crippen molar-refractivity contribution in [3.05, 3.63) is 34.1 Å². The number of hydrogen-bond donors (Lipinski definition) is 2. The second-order valence-corrected chi connectivity index (χ2v) is 7.07. The van der Waals surface area contributed by atoms with E-state index in [2.05, 4.69) is 36.5 Å². The molecule has 1 heterocycles. The Morgan fingerprint density at radius 3 is 2.76 bits per heavy atom. The third kappa shape index (κ3) is 5.99. The fourth-order valence-electron chi connectivity index (χ4n) is 2.96. The molecule has 1 aliphatic heterocycles. The molecule has 0 unspecified atom stereocenters. The highest BCUT2D eigenvalue weighted by molar-refractivity contribution is 9.10. The van der Waals surface area contributed by atoms with Crippen LogP contribution >= 0.6 is 15.9 Å². The van der Waals surface area contributed by atoms with Gasteiger partial charge in [0.05, 0.1) is 6.54 Å². The monoisotopic (exact) mass is 412 g/mol. The van der Waals surface area contributed by atoms with Crippen molar-refractivity contribution in [1.29, 1.82) is 0 Å². The highest BCUT2D eigenvalue weighted by Crippen LogP contribution is 2.21. The number of nitrogens with zero attached hydrogens (tertiary/aromatic N) is 2. The second-order valence-electron chi connectivity index (χ2n) is 6.21. The first-order chi connectivity index (χ1) is 12.0. The lowest BCUT2D eigenvalue weighted by Crippen LogP contribution is -2.46. The first-order valence-corrected chi connectivity index (χ1v) is 9.50. The Balaban J connectivity index is 1.98. The van der Waals surface area contributed by atoms with Crippen LogP contribution in [0.2, 0.25) is 0 Å². The van der Waals surface area contributed by atoms with Crippen molar-refractivity contribution in [3.63, 3.8) is 0 Å². The van der Waals surface area contributed by atoms with E-state index < -0.39 is 0 Å². The van der Waals surface area contributed by atoms with Gasteiger partial charge in [-0.3, -0.25) is 4.79 Å². The second kappa shape index (κ2) is 9.75. The summed E-state index contributed by atoms with van der Waals surface area (Å²) in [6, 6.07) is 4.64. The number of amides is 1. The molecule has 1 amide bonds. The van der Waals surface area contributed by atoms with Gasteiger partial charge in [-0.15, -0.1) is 0 Å². The van der Waals surface area contributed by atoms with Crippen molar-refractivity contribution in [1.82, 2.24) is 15.5 Å². The number of hydrogen-bond acceptors (Lipinski definition) is 2. The van der Waals surface area contributed by atoms with Crippen molar-refractivity contribution in [2.75, 3.05) is 26.7 Å². The van der Waals surface area contributed by atoms with Gasteiger partial charge in [-0.25, -0.2) is 9.38 Å². The Hall–Kier alpha value is -1.63. The van der Waals surface area contributed by atoms with Crippen LogP contribution in [0, 0.1) is 11.7 Å². The van der Waals surface area contributed by atoms with E-state index in [0.717, 1.165) is 48.5 Å². The maximum absolute atomic E-state index is 13.4. The number of guanidine groups is 1. The van der Waals surface area contributed by atoms with Crippen LogP contribution in [0.5, 0.6) is 0 Å². The summed E-state index contributed by atoms with van der Waals surface area (Å²) >= 11 is 3.45. The SMILES string of the molecule is CCNC(=NCc1cc(F)ccc1Br)N1CCC(CC(=O)NC)CC1. The third-order valence-electron chi connectivity index (χ3n) is 4.41. The molecule has 0 atom stereocenters. The first-order valence-electron chi connectivity index (χ1n) is 8.71. The van der Waals surface area contributed by atoms with E-state index in [0.29, 0.717) is 18.9 Å². The van der Waals surface area contributed by atoms with Crippen molar-refractivity contribution >= 4 is 27.8 Å². The molecule has 25 heavy (non-hydrogen) atoms. The standard InChI is InChI=1S/C18H26BrFN4O/c1-3-22-18(23-12-14-11-15(20)4-5-16(14)19)24-8-6-13(7-9-24)10-17(25)21-2/h4-5,11,13H,3,6-10,12H2,1-2H3,(H,21,25)(H,22,23). The zero-order chi connectivity index (χ0) is 18.2. The number of likely N-dealkylation sites (tertiary alicyclic amines) is 1. The van der Waals surface area contributed by atoms with Gasteiger partial charge in [0.1, 0.15) is 5.82 Å². The molecular weight excluding hydrogens is 387 g/mol. The molecule has 0 aromatic heterocycles. The summed E-state index contributed by atoms with van der Waals surface area (Å²) < 4.78 is 14.3. The summed E-state index contributed by atoms with van der Waals surface area (Å²) in [7, 11) is 1.68. The zero-order valence-corrected chi connectivity index (χ0v) is 16.4. The van der Waals surface area contributed by atoms with Crippen LogP contribution in [0.15, 0.2) is 27.7 Å². The van der Waals surface area contributed by atoms with Crippen LogP contribution in [0.25, 0.3) is 0 Å². The number of carbonyl (C=O) groups excluding carboxylic acids is 1. The predicted octanol–water partition coefficient (Wildman–Crippen LogP) is 2.90. The molecule has 138 valence electrons. The maximum atomic E-state index is 13.4. The molecule has 7 heteroatoms. The summed E-state index contributed by atoms with van der Waals surface area (Å²) in [6.45, 7) is 4.97. The molecule has 0 spiro atoms. The minimum Gasteiger partial charge on any atom is -0.359 e. The van der Waals surface area contributed by atoms with E-state index in [1.165, 1.54) is 12.1 Å². The minimum absolute atomic E-state index is 0.106. The summed E-state index contributed by atoms with van der Waals surface area (Å²) in [5.74, 6) is 1.12. The fourth-order valence-corrected chi connectivity index (χ4v) is 3.34. The molecule has 2 N–H and O–H groups in total. The number of aliphatic imine (C=N–C) groups is 1. The largest absolute Gasteiger partial charge is 0.359 e. The number of nitrogens with one attached hydrogen (secondary N) is 2. The van der Waals surface area contributed by atoms with E-state index in [1.807, 2.05) is 6.92 Å². The number of piperidine rings is 1. The van der Waals surface area contributed by atoms with Gasteiger partial charge in [0.15, 0.2) is 5.96 Å². The summed E-state index contributed by atoms with van der Waals surface area (Å²) in [5, 5.41) is 6.00. The first kappa shape index (κ1) is 19.7. The molecule has 2 rings (SSSR count). The molecule has 0 saturated carbocycles. The normalized spacial score (nSPS) is 16.0. The van der Waals surface area contributed by atoms with Crippen molar-refractivity contribution in [2.24, 2.45) is 10.9 Å². The Bertz CT molecular complexity index is 615. The lowest BCUT2D eigenvalue weighted by Gasteiger charge is -2.34. The highest BCUT2D eigenvalue weighted by Gasteiger charge is 2.23. The highest BCUT2D eigenvalue weighted by atomic mass is 79.9. The summed E-state index contributed by atoms with van der Waals surface area (Å²) in [4.78, 5) is 18.4. The smallest absolute Gasteiger partial charge is 0.220 e. The molecule has 0 bridgehead atoms. The average molecular weight is 413 g/mol. The van der Waals surface area contributed by atoms with E-state index >= 15 is 0 Å². The lowest BCUT2D eigenvalue weighted by atomic mass is 9.93. The molecular formula is C18H26BrFN4O. The van der Waals surface area contributed by atoms with Gasteiger partial charge in [0, 0.05) is 37.6 Å². The molecule has 1 aromatic rings. The van der Waals surface area contributed by atoms with Crippen molar-refractivity contribution < 1.29 is 9.18 Å². The minimum atomic E-state index is -0.256. The van der Waals surface area contributed by atoms with Gasteiger partial charge in [0.25, 0.3) is 0 Å². The molecule has 1 fully saturated rings. The zero-order valence-electron chi connectivity index (χ0n) is 14.8. The Morgan fingerprint density at radius 1 is 1.40 bits per heavy atom. The van der Waals surface area contributed by atoms with Gasteiger partial charge in [-0.05, 0) is 49.4 Å². The Labute approximate surface area is 157 Å². The van der Waals surface area contributed by atoms with E-state index in [-0.39, 0.29) is 11.7 Å². The van der Waals surface area contributed by atoms with Crippen molar-refractivity contribution in [3.8, 4) is 0 Å². The van der Waals surface area contributed by atoms with Crippen LogP contribution in [0.4, 0.5) is 4.39 Å². The van der Waals surface area contributed by atoms with Gasteiger partial charge in [-0.2, -0.15) is 0 Å². The Morgan fingerprint density at radius 2 is 2.12 bits per heavy atom. The maximum Gasteiger partial charge on any atom is 0.220 e. The van der Waals surface area contributed by atoms with Gasteiger partial charge in [0.2, 0.25) is 5.91 Å². The molecule has 1 aromatic carbocycles. The number of rotatable bonds is 5. The van der Waals surface area contributed by atoms with Crippen LogP contribution < -0.4 is 10.6 Å². The van der Waals surface area contributed by atoms with Gasteiger partial charge >= 0.3 is 0 Å². The number of benzene rings is 1. The average Bonchev–Trinajstić information content (AvgIpc) is 2.62. The molecule has 5 nitrogen and oxygen atoms in total.